The van der Waals surface area contributed by atoms with E-state index in [4.69, 9.17) is 0 Å². The second-order valence-corrected chi connectivity index (χ2v) is 8.34. The fraction of sp³-hybridized carbons (Fsp3) is 0.316. The third kappa shape index (κ3) is 5.31. The molecule has 0 saturated heterocycles. The van der Waals surface area contributed by atoms with Crippen molar-refractivity contribution in [1.82, 2.24) is 4.72 Å². The van der Waals surface area contributed by atoms with Crippen LogP contribution < -0.4 is 10.0 Å². The van der Waals surface area contributed by atoms with Crippen LogP contribution in [0.4, 0.5) is 5.69 Å². The van der Waals surface area contributed by atoms with Crippen molar-refractivity contribution in [1.29, 1.82) is 0 Å². The molecule has 0 aliphatic heterocycles. The van der Waals surface area contributed by atoms with Gasteiger partial charge in [-0.3, -0.25) is 4.79 Å². The zero-order chi connectivity index (χ0) is 19.3. The molecule has 1 atom stereocenters. The van der Waals surface area contributed by atoms with Crippen LogP contribution in [-0.4, -0.2) is 25.5 Å². The summed E-state index contributed by atoms with van der Waals surface area (Å²) in [6, 6.07) is 11.8. The number of phenolic OH excluding ortho intramolecular Hbond substituents is 1. The average molecular weight is 376 g/mol. The molecule has 2 aromatic carbocycles. The number of carbonyl (C=O) groups excluding carboxylic acids is 1. The van der Waals surface area contributed by atoms with Crippen LogP contribution in [0.2, 0.25) is 0 Å². The minimum absolute atomic E-state index is 0.0782. The van der Waals surface area contributed by atoms with E-state index in [-0.39, 0.29) is 22.3 Å². The Morgan fingerprint density at radius 1 is 1.08 bits per heavy atom. The second-order valence-electron chi connectivity index (χ2n) is 6.62. The third-order valence-electron chi connectivity index (χ3n) is 3.81. The van der Waals surface area contributed by atoms with E-state index in [0.29, 0.717) is 6.42 Å². The monoisotopic (exact) mass is 376 g/mol. The molecule has 0 aliphatic rings. The number of nitrogens with one attached hydrogen (secondary N) is 2. The smallest absolute Gasteiger partial charge is 0.242 e. The first-order chi connectivity index (χ1) is 12.2. The van der Waals surface area contributed by atoms with E-state index in [0.717, 1.165) is 5.56 Å². The molecular formula is C19H24N2O4S. The van der Waals surface area contributed by atoms with Crippen LogP contribution in [0, 0.1) is 12.8 Å². The van der Waals surface area contributed by atoms with Crippen molar-refractivity contribution in [2.24, 2.45) is 5.92 Å². The molecule has 7 heteroatoms. The fourth-order valence-electron chi connectivity index (χ4n) is 2.45. The first-order valence-corrected chi connectivity index (χ1v) is 9.85. The topological polar surface area (TPSA) is 95.5 Å². The maximum absolute atomic E-state index is 12.6. The van der Waals surface area contributed by atoms with Gasteiger partial charge in [-0.15, -0.1) is 0 Å². The normalized spacial score (nSPS) is 12.8. The number of aromatic hydroxyl groups is 1. The number of hydrogen-bond acceptors (Lipinski definition) is 4. The predicted molar refractivity (Wildman–Crippen MR) is 101 cm³/mol. The molecular weight excluding hydrogens is 352 g/mol. The molecule has 140 valence electrons. The lowest BCUT2D eigenvalue weighted by molar-refractivity contribution is -0.118. The zero-order valence-corrected chi connectivity index (χ0v) is 15.9. The van der Waals surface area contributed by atoms with Gasteiger partial charge in [0, 0.05) is 0 Å². The van der Waals surface area contributed by atoms with Crippen molar-refractivity contribution in [2.45, 2.75) is 38.1 Å². The lowest BCUT2D eigenvalue weighted by Gasteiger charge is -2.20. The van der Waals surface area contributed by atoms with Gasteiger partial charge in [0.2, 0.25) is 15.9 Å². The van der Waals surface area contributed by atoms with Crippen LogP contribution >= 0.6 is 0 Å². The van der Waals surface area contributed by atoms with Gasteiger partial charge in [-0.1, -0.05) is 43.7 Å². The van der Waals surface area contributed by atoms with Gasteiger partial charge < -0.3 is 10.4 Å². The molecule has 26 heavy (non-hydrogen) atoms. The number of hydrogen-bond donors (Lipinski definition) is 3. The molecule has 3 N–H and O–H groups in total. The molecule has 0 spiro atoms. The number of carbonyl (C=O) groups is 1. The Labute approximate surface area is 154 Å². The Balaban J connectivity index is 2.22. The molecule has 0 aliphatic carbocycles. The lowest BCUT2D eigenvalue weighted by atomic mass is 10.0. The number of para-hydroxylation sites is 2. The Bertz CT molecular complexity index is 861. The number of phenols is 1. The Kier molecular flexibility index (Phi) is 6.39. The molecule has 0 bridgehead atoms. The first-order valence-electron chi connectivity index (χ1n) is 8.37. The Morgan fingerprint density at radius 2 is 1.69 bits per heavy atom. The van der Waals surface area contributed by atoms with E-state index in [1.54, 1.807) is 30.3 Å². The second kappa shape index (κ2) is 8.33. The molecule has 1 unspecified atom stereocenters. The van der Waals surface area contributed by atoms with Crippen LogP contribution in [0.3, 0.4) is 0 Å². The average Bonchev–Trinajstić information content (AvgIpc) is 2.56. The van der Waals surface area contributed by atoms with E-state index in [9.17, 15) is 18.3 Å². The van der Waals surface area contributed by atoms with Crippen LogP contribution in [0.15, 0.2) is 53.4 Å². The zero-order valence-electron chi connectivity index (χ0n) is 15.1. The summed E-state index contributed by atoms with van der Waals surface area (Å²) in [5.74, 6) is -0.503. The van der Waals surface area contributed by atoms with Crippen molar-refractivity contribution in [3.63, 3.8) is 0 Å². The van der Waals surface area contributed by atoms with Gasteiger partial charge in [-0.2, -0.15) is 4.72 Å². The number of aryl methyl sites for hydroxylation is 1. The summed E-state index contributed by atoms with van der Waals surface area (Å²) >= 11 is 0. The largest absolute Gasteiger partial charge is 0.506 e. The van der Waals surface area contributed by atoms with Crippen molar-refractivity contribution in [3.8, 4) is 5.75 Å². The van der Waals surface area contributed by atoms with E-state index < -0.39 is 22.0 Å². The van der Waals surface area contributed by atoms with Crippen molar-refractivity contribution in [2.75, 3.05) is 5.32 Å². The minimum Gasteiger partial charge on any atom is -0.506 e. The van der Waals surface area contributed by atoms with Gasteiger partial charge in [-0.05, 0) is 43.5 Å². The van der Waals surface area contributed by atoms with Gasteiger partial charge in [0.25, 0.3) is 0 Å². The summed E-state index contributed by atoms with van der Waals surface area (Å²) in [6.07, 6.45) is 0.324. The molecule has 1 amide bonds. The number of benzene rings is 2. The highest BCUT2D eigenvalue weighted by Crippen LogP contribution is 2.22. The molecule has 0 heterocycles. The van der Waals surface area contributed by atoms with Gasteiger partial charge in [0.1, 0.15) is 11.8 Å². The lowest BCUT2D eigenvalue weighted by Crippen LogP contribution is -2.44. The van der Waals surface area contributed by atoms with Crippen molar-refractivity contribution >= 4 is 21.6 Å². The van der Waals surface area contributed by atoms with Crippen LogP contribution in [0.25, 0.3) is 0 Å². The molecule has 2 aromatic rings. The number of sulfonamides is 1. The molecule has 0 radical (unpaired) electrons. The summed E-state index contributed by atoms with van der Waals surface area (Å²) in [4.78, 5) is 12.7. The van der Waals surface area contributed by atoms with Gasteiger partial charge in [0.15, 0.2) is 0 Å². The van der Waals surface area contributed by atoms with Gasteiger partial charge in [0.05, 0.1) is 10.6 Å². The van der Waals surface area contributed by atoms with Gasteiger partial charge >= 0.3 is 0 Å². The molecule has 0 saturated carbocycles. The van der Waals surface area contributed by atoms with E-state index in [2.05, 4.69) is 10.0 Å². The summed E-state index contributed by atoms with van der Waals surface area (Å²) in [5.41, 5.74) is 1.18. The highest BCUT2D eigenvalue weighted by atomic mass is 32.2. The molecule has 0 fully saturated rings. The third-order valence-corrected chi connectivity index (χ3v) is 5.30. The Hall–Kier alpha value is -2.38. The van der Waals surface area contributed by atoms with E-state index in [1.807, 2.05) is 20.8 Å². The minimum atomic E-state index is -3.84. The summed E-state index contributed by atoms with van der Waals surface area (Å²) in [6.45, 7) is 5.67. The van der Waals surface area contributed by atoms with E-state index >= 15 is 0 Å². The van der Waals surface area contributed by atoms with Crippen LogP contribution in [-0.2, 0) is 14.8 Å². The highest BCUT2D eigenvalue weighted by Gasteiger charge is 2.27. The van der Waals surface area contributed by atoms with E-state index in [1.165, 1.54) is 18.2 Å². The SMILES string of the molecule is Cc1ccc(S(=O)(=O)NC(CC(C)C)C(=O)Nc2ccccc2O)cc1. The molecule has 6 nitrogen and oxygen atoms in total. The number of amides is 1. The number of rotatable bonds is 7. The summed E-state index contributed by atoms with van der Waals surface area (Å²) < 4.78 is 27.7. The highest BCUT2D eigenvalue weighted by molar-refractivity contribution is 7.89. The molecule has 2 rings (SSSR count). The van der Waals surface area contributed by atoms with Crippen molar-refractivity contribution in [3.05, 3.63) is 54.1 Å². The van der Waals surface area contributed by atoms with Crippen molar-refractivity contribution < 1.29 is 18.3 Å². The molecule has 0 aromatic heterocycles. The fourth-order valence-corrected chi connectivity index (χ4v) is 3.66. The predicted octanol–water partition coefficient (Wildman–Crippen LogP) is 3.03. The summed E-state index contributed by atoms with van der Waals surface area (Å²) in [7, 11) is -3.84. The first kappa shape index (κ1) is 19.9. The van der Waals surface area contributed by atoms with Crippen LogP contribution in [0.5, 0.6) is 5.75 Å². The maximum Gasteiger partial charge on any atom is 0.242 e. The Morgan fingerprint density at radius 3 is 2.27 bits per heavy atom. The maximum atomic E-state index is 12.6. The number of anilines is 1. The van der Waals surface area contributed by atoms with Gasteiger partial charge in [-0.25, -0.2) is 8.42 Å². The summed E-state index contributed by atoms with van der Waals surface area (Å²) in [5, 5.41) is 12.4. The quantitative estimate of drug-likeness (QED) is 0.647. The standard InChI is InChI=1S/C19H24N2O4S/c1-13(2)12-17(19(23)20-16-6-4-5-7-18(16)22)21-26(24,25)15-10-8-14(3)9-11-15/h4-11,13,17,21-22H,12H2,1-3H3,(H,20,23). The van der Waals surface area contributed by atoms with Crippen LogP contribution in [0.1, 0.15) is 25.8 Å².